The Bertz CT molecular complexity index is 1320. The molecular formula is C26H21Cl2NO3. The molecule has 6 heteroatoms. The molecule has 0 saturated heterocycles. The second-order valence-electron chi connectivity index (χ2n) is 7.40. The summed E-state index contributed by atoms with van der Waals surface area (Å²) in [5.74, 6) is 0.936. The number of halogens is 2. The van der Waals surface area contributed by atoms with Crippen molar-refractivity contribution in [2.24, 2.45) is 0 Å². The maximum Gasteiger partial charge on any atom is 0.255 e. The van der Waals surface area contributed by atoms with E-state index < -0.39 is 0 Å². The van der Waals surface area contributed by atoms with E-state index in [-0.39, 0.29) is 5.91 Å². The van der Waals surface area contributed by atoms with Gasteiger partial charge in [-0.1, -0.05) is 53.0 Å². The fourth-order valence-corrected chi connectivity index (χ4v) is 4.03. The number of methoxy groups -OCH3 is 2. The first-order valence-corrected chi connectivity index (χ1v) is 10.7. The summed E-state index contributed by atoms with van der Waals surface area (Å²) in [5.41, 5.74) is 4.04. The Kier molecular flexibility index (Phi) is 6.26. The lowest BCUT2D eigenvalue weighted by atomic mass is 9.94. The molecule has 4 rings (SSSR count). The number of amides is 1. The highest BCUT2D eigenvalue weighted by molar-refractivity contribution is 6.36. The van der Waals surface area contributed by atoms with Crippen LogP contribution in [0.2, 0.25) is 10.0 Å². The summed E-state index contributed by atoms with van der Waals surface area (Å²) in [6.07, 6.45) is 0. The van der Waals surface area contributed by atoms with Crippen molar-refractivity contribution in [2.45, 2.75) is 6.92 Å². The van der Waals surface area contributed by atoms with E-state index in [1.807, 2.05) is 55.5 Å². The fraction of sp³-hybridized carbons (Fsp3) is 0.115. The van der Waals surface area contributed by atoms with Crippen LogP contribution in [-0.2, 0) is 0 Å². The highest BCUT2D eigenvalue weighted by atomic mass is 35.5. The molecule has 4 aromatic carbocycles. The maximum absolute atomic E-state index is 13.2. The Hall–Kier alpha value is -3.21. The lowest BCUT2D eigenvalue weighted by molar-refractivity contribution is 0.102. The van der Waals surface area contributed by atoms with Gasteiger partial charge >= 0.3 is 0 Å². The summed E-state index contributed by atoms with van der Waals surface area (Å²) < 4.78 is 11.0. The summed E-state index contributed by atoms with van der Waals surface area (Å²) >= 11 is 12.2. The van der Waals surface area contributed by atoms with Gasteiger partial charge in [-0.25, -0.2) is 0 Å². The van der Waals surface area contributed by atoms with Gasteiger partial charge < -0.3 is 14.8 Å². The van der Waals surface area contributed by atoms with Crippen LogP contribution in [0.1, 0.15) is 15.9 Å². The smallest absolute Gasteiger partial charge is 0.255 e. The van der Waals surface area contributed by atoms with E-state index >= 15 is 0 Å². The molecule has 0 aliphatic rings. The highest BCUT2D eigenvalue weighted by Crippen LogP contribution is 2.38. The molecule has 0 saturated carbocycles. The minimum atomic E-state index is -0.278. The topological polar surface area (TPSA) is 47.6 Å². The summed E-state index contributed by atoms with van der Waals surface area (Å²) in [7, 11) is 3.19. The van der Waals surface area contributed by atoms with Crippen LogP contribution in [0.3, 0.4) is 0 Å². The van der Waals surface area contributed by atoms with Gasteiger partial charge in [0.1, 0.15) is 0 Å². The summed E-state index contributed by atoms with van der Waals surface area (Å²) in [6.45, 7) is 2.04. The number of nitrogens with one attached hydrogen (secondary N) is 1. The third-order valence-electron chi connectivity index (χ3n) is 5.26. The molecule has 4 aromatic rings. The van der Waals surface area contributed by atoms with Crippen LogP contribution in [0, 0.1) is 6.92 Å². The second kappa shape index (κ2) is 9.11. The minimum Gasteiger partial charge on any atom is -0.493 e. The Labute approximate surface area is 196 Å². The third-order valence-corrected chi connectivity index (χ3v) is 5.81. The first kappa shape index (κ1) is 22.0. The summed E-state index contributed by atoms with van der Waals surface area (Å²) in [5, 5.41) is 5.55. The van der Waals surface area contributed by atoms with Crippen molar-refractivity contribution < 1.29 is 14.3 Å². The molecule has 0 atom stereocenters. The van der Waals surface area contributed by atoms with Gasteiger partial charge in [-0.15, -0.1) is 0 Å². The average Bonchev–Trinajstić information content (AvgIpc) is 2.79. The van der Waals surface area contributed by atoms with Crippen LogP contribution in [-0.4, -0.2) is 20.1 Å². The molecule has 32 heavy (non-hydrogen) atoms. The second-order valence-corrected chi connectivity index (χ2v) is 8.24. The normalized spacial score (nSPS) is 10.8. The van der Waals surface area contributed by atoms with Gasteiger partial charge in [0.05, 0.1) is 24.9 Å². The first-order chi connectivity index (χ1) is 15.4. The molecule has 0 aromatic heterocycles. The standard InChI is InChI=1S/C26H21Cl2NO3/c1-15-4-6-16(7-5-15)20-11-18(26(30)29-23-9-8-19(27)13-22(23)28)10-17-12-24(31-2)25(32-3)14-21(17)20/h4-14H,1-3H3,(H,29,30). The minimum absolute atomic E-state index is 0.278. The van der Waals surface area contributed by atoms with E-state index in [4.69, 9.17) is 32.7 Å². The number of fused-ring (bicyclic) bond motifs is 1. The molecule has 0 aliphatic heterocycles. The third kappa shape index (κ3) is 4.38. The van der Waals surface area contributed by atoms with Crippen molar-refractivity contribution in [3.05, 3.63) is 87.9 Å². The van der Waals surface area contributed by atoms with Gasteiger partial charge in [-0.3, -0.25) is 4.79 Å². The molecule has 162 valence electrons. The average molecular weight is 466 g/mol. The van der Waals surface area contributed by atoms with Gasteiger partial charge in [0, 0.05) is 10.6 Å². The van der Waals surface area contributed by atoms with Crippen LogP contribution in [0.4, 0.5) is 5.69 Å². The molecule has 0 fully saturated rings. The lowest BCUT2D eigenvalue weighted by Crippen LogP contribution is -2.12. The molecule has 0 heterocycles. The summed E-state index contributed by atoms with van der Waals surface area (Å²) in [6, 6.07) is 20.6. The lowest BCUT2D eigenvalue weighted by Gasteiger charge is -2.15. The van der Waals surface area contributed by atoms with Crippen LogP contribution in [0.15, 0.2) is 66.7 Å². The number of anilines is 1. The van der Waals surface area contributed by atoms with Crippen molar-refractivity contribution in [3.8, 4) is 22.6 Å². The SMILES string of the molecule is COc1cc2cc(C(=O)Nc3ccc(Cl)cc3Cl)cc(-c3ccc(C)cc3)c2cc1OC. The van der Waals surface area contributed by atoms with E-state index in [0.29, 0.717) is 32.8 Å². The number of rotatable bonds is 5. The van der Waals surface area contributed by atoms with E-state index in [2.05, 4.69) is 5.32 Å². The Balaban J connectivity index is 1.87. The Morgan fingerprint density at radius 2 is 1.53 bits per heavy atom. The monoisotopic (exact) mass is 465 g/mol. The number of ether oxygens (including phenoxy) is 2. The fourth-order valence-electron chi connectivity index (χ4n) is 3.58. The quantitative estimate of drug-likeness (QED) is 0.334. The zero-order chi connectivity index (χ0) is 22.8. The molecular weight excluding hydrogens is 445 g/mol. The van der Waals surface area contributed by atoms with Crippen molar-refractivity contribution in [3.63, 3.8) is 0 Å². The predicted octanol–water partition coefficient (Wildman–Crippen LogP) is 7.39. The van der Waals surface area contributed by atoms with Crippen LogP contribution in [0.5, 0.6) is 11.5 Å². The van der Waals surface area contributed by atoms with Crippen LogP contribution < -0.4 is 14.8 Å². The van der Waals surface area contributed by atoms with Crippen molar-refractivity contribution in [2.75, 3.05) is 19.5 Å². The van der Waals surface area contributed by atoms with Crippen LogP contribution in [0.25, 0.3) is 21.9 Å². The van der Waals surface area contributed by atoms with Crippen molar-refractivity contribution >= 4 is 45.6 Å². The van der Waals surface area contributed by atoms with Crippen molar-refractivity contribution in [1.82, 2.24) is 0 Å². The van der Waals surface area contributed by atoms with E-state index in [1.165, 1.54) is 0 Å². The molecule has 0 bridgehead atoms. The van der Waals surface area contributed by atoms with Gasteiger partial charge in [0.15, 0.2) is 11.5 Å². The van der Waals surface area contributed by atoms with E-state index in [1.54, 1.807) is 32.4 Å². The van der Waals surface area contributed by atoms with E-state index in [0.717, 1.165) is 27.5 Å². The number of benzene rings is 4. The van der Waals surface area contributed by atoms with Gasteiger partial charge in [-0.05, 0) is 71.3 Å². The van der Waals surface area contributed by atoms with Crippen LogP contribution >= 0.6 is 23.2 Å². The maximum atomic E-state index is 13.2. The number of aryl methyl sites for hydroxylation is 1. The molecule has 0 unspecified atom stereocenters. The zero-order valence-electron chi connectivity index (χ0n) is 17.8. The molecule has 0 radical (unpaired) electrons. The van der Waals surface area contributed by atoms with Gasteiger partial charge in [0.25, 0.3) is 5.91 Å². The first-order valence-electron chi connectivity index (χ1n) is 9.93. The largest absolute Gasteiger partial charge is 0.493 e. The predicted molar refractivity (Wildman–Crippen MR) is 132 cm³/mol. The van der Waals surface area contributed by atoms with Crippen molar-refractivity contribution in [1.29, 1.82) is 0 Å². The van der Waals surface area contributed by atoms with Gasteiger partial charge in [-0.2, -0.15) is 0 Å². The number of carbonyl (C=O) groups excluding carboxylic acids is 1. The zero-order valence-corrected chi connectivity index (χ0v) is 19.3. The molecule has 1 N–H and O–H groups in total. The number of carbonyl (C=O) groups is 1. The molecule has 0 spiro atoms. The molecule has 1 amide bonds. The number of hydrogen-bond donors (Lipinski definition) is 1. The Morgan fingerprint density at radius 1 is 0.844 bits per heavy atom. The van der Waals surface area contributed by atoms with E-state index in [9.17, 15) is 4.79 Å². The highest BCUT2D eigenvalue weighted by Gasteiger charge is 2.16. The summed E-state index contributed by atoms with van der Waals surface area (Å²) in [4.78, 5) is 13.2. The number of hydrogen-bond acceptors (Lipinski definition) is 3. The molecule has 4 nitrogen and oxygen atoms in total. The van der Waals surface area contributed by atoms with Gasteiger partial charge in [0.2, 0.25) is 0 Å². The Morgan fingerprint density at radius 3 is 2.19 bits per heavy atom. The molecule has 0 aliphatic carbocycles.